The van der Waals surface area contributed by atoms with Gasteiger partial charge in [0.2, 0.25) is 0 Å². The topological polar surface area (TPSA) is 75.6 Å². The second-order valence-corrected chi connectivity index (χ2v) is 4.16. The molecule has 0 fully saturated rings. The summed E-state index contributed by atoms with van der Waals surface area (Å²) in [6.45, 7) is -0.0217. The van der Waals surface area contributed by atoms with E-state index >= 15 is 0 Å². The second-order valence-electron chi connectivity index (χ2n) is 3.24. The summed E-state index contributed by atoms with van der Waals surface area (Å²) in [6.07, 6.45) is -0.0946. The van der Waals surface area contributed by atoms with E-state index in [1.807, 2.05) is 6.07 Å². The van der Waals surface area contributed by atoms with Gasteiger partial charge in [-0.15, -0.1) is 0 Å². The average Bonchev–Trinajstić information content (AvgIpc) is 2.26. The first-order valence-corrected chi connectivity index (χ1v) is 5.74. The Morgan fingerprint density at radius 1 is 1.41 bits per heavy atom. The van der Waals surface area contributed by atoms with Crippen LogP contribution >= 0.6 is 15.9 Å². The van der Waals surface area contributed by atoms with Gasteiger partial charge in [-0.3, -0.25) is 9.59 Å². The SMILES string of the molecule is O=C(O)CCNC(=O)COc1cccc(Br)c1. The number of hydrogen-bond donors (Lipinski definition) is 2. The number of amides is 1. The van der Waals surface area contributed by atoms with Crippen LogP contribution in [0.3, 0.4) is 0 Å². The van der Waals surface area contributed by atoms with E-state index in [1.54, 1.807) is 18.2 Å². The molecule has 0 heterocycles. The summed E-state index contributed by atoms with van der Waals surface area (Å²) in [7, 11) is 0. The molecule has 0 atom stereocenters. The number of rotatable bonds is 6. The smallest absolute Gasteiger partial charge is 0.305 e. The Hall–Kier alpha value is -1.56. The monoisotopic (exact) mass is 301 g/mol. The van der Waals surface area contributed by atoms with Gasteiger partial charge in [0.25, 0.3) is 5.91 Å². The molecule has 0 aromatic heterocycles. The van der Waals surface area contributed by atoms with Crippen molar-refractivity contribution in [1.29, 1.82) is 0 Å². The lowest BCUT2D eigenvalue weighted by atomic mass is 10.3. The van der Waals surface area contributed by atoms with Crippen LogP contribution < -0.4 is 10.1 Å². The van der Waals surface area contributed by atoms with Crippen LogP contribution in [0.25, 0.3) is 0 Å². The number of nitrogens with one attached hydrogen (secondary N) is 1. The zero-order valence-corrected chi connectivity index (χ0v) is 10.6. The molecular formula is C11H12BrNO4. The predicted molar refractivity (Wildman–Crippen MR) is 64.9 cm³/mol. The first kappa shape index (κ1) is 13.5. The van der Waals surface area contributed by atoms with E-state index in [0.29, 0.717) is 5.75 Å². The zero-order chi connectivity index (χ0) is 12.7. The molecule has 1 amide bonds. The summed E-state index contributed by atoms with van der Waals surface area (Å²) in [5.74, 6) is -0.711. The Kier molecular flexibility index (Phi) is 5.48. The standard InChI is InChI=1S/C11H12BrNO4/c12-8-2-1-3-9(6-8)17-7-10(14)13-5-4-11(15)16/h1-3,6H,4-5,7H2,(H,13,14)(H,15,16). The maximum atomic E-state index is 11.2. The molecule has 6 heteroatoms. The van der Waals surface area contributed by atoms with E-state index in [9.17, 15) is 9.59 Å². The Bertz CT molecular complexity index is 408. The third-order valence-electron chi connectivity index (χ3n) is 1.83. The van der Waals surface area contributed by atoms with Crippen molar-refractivity contribution < 1.29 is 19.4 Å². The first-order valence-electron chi connectivity index (χ1n) is 4.95. The maximum Gasteiger partial charge on any atom is 0.305 e. The van der Waals surface area contributed by atoms with Crippen LogP contribution in [0.4, 0.5) is 0 Å². The van der Waals surface area contributed by atoms with Gasteiger partial charge >= 0.3 is 5.97 Å². The van der Waals surface area contributed by atoms with Crippen LogP contribution in [0.2, 0.25) is 0 Å². The van der Waals surface area contributed by atoms with Crippen molar-refractivity contribution >= 4 is 27.8 Å². The Labute approximate surface area is 107 Å². The molecule has 17 heavy (non-hydrogen) atoms. The predicted octanol–water partition coefficient (Wildman–Crippen LogP) is 1.42. The summed E-state index contributed by atoms with van der Waals surface area (Å²) >= 11 is 3.28. The van der Waals surface area contributed by atoms with E-state index in [1.165, 1.54) is 0 Å². The lowest BCUT2D eigenvalue weighted by Gasteiger charge is -2.06. The van der Waals surface area contributed by atoms with Crippen LogP contribution in [0.1, 0.15) is 6.42 Å². The molecule has 1 rings (SSSR count). The molecule has 0 unspecified atom stereocenters. The van der Waals surface area contributed by atoms with Gasteiger partial charge in [0.05, 0.1) is 6.42 Å². The Morgan fingerprint density at radius 2 is 2.18 bits per heavy atom. The highest BCUT2D eigenvalue weighted by atomic mass is 79.9. The van der Waals surface area contributed by atoms with E-state index in [-0.39, 0.29) is 25.5 Å². The fourth-order valence-corrected chi connectivity index (χ4v) is 1.44. The molecule has 92 valence electrons. The van der Waals surface area contributed by atoms with Crippen molar-refractivity contribution in [3.63, 3.8) is 0 Å². The average molecular weight is 302 g/mol. The number of carboxylic acids is 1. The zero-order valence-electron chi connectivity index (χ0n) is 8.98. The molecule has 5 nitrogen and oxygen atoms in total. The van der Waals surface area contributed by atoms with Crippen molar-refractivity contribution in [2.45, 2.75) is 6.42 Å². The lowest BCUT2D eigenvalue weighted by molar-refractivity contribution is -0.137. The first-order chi connectivity index (χ1) is 8.08. The van der Waals surface area contributed by atoms with E-state index in [0.717, 1.165) is 4.47 Å². The number of halogens is 1. The fraction of sp³-hybridized carbons (Fsp3) is 0.273. The molecule has 2 N–H and O–H groups in total. The van der Waals surface area contributed by atoms with Crippen LogP contribution in [-0.4, -0.2) is 30.1 Å². The summed E-state index contributed by atoms with van der Waals surface area (Å²) in [4.78, 5) is 21.5. The maximum absolute atomic E-state index is 11.2. The van der Waals surface area contributed by atoms with Gasteiger partial charge in [-0.05, 0) is 18.2 Å². The summed E-state index contributed by atoms with van der Waals surface area (Å²) in [5, 5.41) is 10.8. The molecule has 0 spiro atoms. The van der Waals surface area contributed by atoms with Gasteiger partial charge in [0.1, 0.15) is 5.75 Å². The minimum Gasteiger partial charge on any atom is -0.484 e. The molecule has 0 aliphatic rings. The largest absolute Gasteiger partial charge is 0.484 e. The van der Waals surface area contributed by atoms with Crippen LogP contribution in [0, 0.1) is 0 Å². The second kappa shape index (κ2) is 6.90. The van der Waals surface area contributed by atoms with E-state index in [4.69, 9.17) is 9.84 Å². The Balaban J connectivity index is 2.26. The molecule has 1 aromatic carbocycles. The van der Waals surface area contributed by atoms with Gasteiger partial charge in [0.15, 0.2) is 6.61 Å². The number of aliphatic carboxylic acids is 1. The van der Waals surface area contributed by atoms with Gasteiger partial charge in [-0.1, -0.05) is 22.0 Å². The van der Waals surface area contributed by atoms with Crippen molar-refractivity contribution in [3.8, 4) is 5.75 Å². The molecule has 0 aliphatic carbocycles. The van der Waals surface area contributed by atoms with Crippen LogP contribution in [0.15, 0.2) is 28.7 Å². The lowest BCUT2D eigenvalue weighted by Crippen LogP contribution is -2.30. The molecule has 0 saturated carbocycles. The van der Waals surface area contributed by atoms with Gasteiger partial charge in [0, 0.05) is 11.0 Å². The fourth-order valence-electron chi connectivity index (χ4n) is 1.07. The van der Waals surface area contributed by atoms with E-state index < -0.39 is 5.97 Å². The minimum absolute atomic E-state index is 0.0946. The molecule has 1 aromatic rings. The number of carbonyl (C=O) groups is 2. The van der Waals surface area contributed by atoms with Crippen molar-refractivity contribution in [1.82, 2.24) is 5.32 Å². The number of benzene rings is 1. The molecule has 0 saturated heterocycles. The number of hydrogen-bond acceptors (Lipinski definition) is 3. The third kappa shape index (κ3) is 5.91. The van der Waals surface area contributed by atoms with Crippen molar-refractivity contribution in [3.05, 3.63) is 28.7 Å². The molecule has 0 bridgehead atoms. The van der Waals surface area contributed by atoms with Crippen molar-refractivity contribution in [2.24, 2.45) is 0 Å². The van der Waals surface area contributed by atoms with Crippen LogP contribution in [0.5, 0.6) is 5.75 Å². The highest BCUT2D eigenvalue weighted by Crippen LogP contribution is 2.17. The van der Waals surface area contributed by atoms with Gasteiger partial charge in [-0.2, -0.15) is 0 Å². The third-order valence-corrected chi connectivity index (χ3v) is 2.32. The van der Waals surface area contributed by atoms with Gasteiger partial charge < -0.3 is 15.2 Å². The summed E-state index contributed by atoms with van der Waals surface area (Å²) in [5.41, 5.74) is 0. The molecule has 0 aliphatic heterocycles. The number of carboxylic acid groups (broad SMARTS) is 1. The highest BCUT2D eigenvalue weighted by molar-refractivity contribution is 9.10. The summed E-state index contributed by atoms with van der Waals surface area (Å²) < 4.78 is 6.08. The molecule has 0 radical (unpaired) electrons. The summed E-state index contributed by atoms with van der Waals surface area (Å²) in [6, 6.07) is 7.11. The van der Waals surface area contributed by atoms with E-state index in [2.05, 4.69) is 21.2 Å². The number of carbonyl (C=O) groups excluding carboxylic acids is 1. The molecular weight excluding hydrogens is 290 g/mol. The quantitative estimate of drug-likeness (QED) is 0.833. The van der Waals surface area contributed by atoms with Gasteiger partial charge in [-0.25, -0.2) is 0 Å². The van der Waals surface area contributed by atoms with Crippen molar-refractivity contribution in [2.75, 3.05) is 13.2 Å². The minimum atomic E-state index is -0.946. The Morgan fingerprint density at radius 3 is 2.82 bits per heavy atom. The number of ether oxygens (including phenoxy) is 1. The normalized spacial score (nSPS) is 9.71. The highest BCUT2D eigenvalue weighted by Gasteiger charge is 2.03. The van der Waals surface area contributed by atoms with Crippen LogP contribution in [-0.2, 0) is 9.59 Å².